The smallest absolute Gasteiger partial charge is 0.119 e. The number of hydrogen-bond acceptors (Lipinski definition) is 2. The van der Waals surface area contributed by atoms with Crippen LogP contribution in [0.2, 0.25) is 0 Å². The number of hydrogen-bond donors (Lipinski definition) is 0. The van der Waals surface area contributed by atoms with Crippen molar-refractivity contribution in [3.8, 4) is 17.0 Å². The Hall–Kier alpha value is -2.61. The highest BCUT2D eigenvalue weighted by Gasteiger charge is 2.01. The molecule has 0 N–H and O–H groups in total. The third kappa shape index (κ3) is 3.95. The molecule has 1 aromatic heterocycles. The zero-order chi connectivity index (χ0) is 15.0. The Bertz CT molecular complexity index is 695. The molecule has 0 amide bonds. The van der Waals surface area contributed by atoms with Crippen LogP contribution >= 0.6 is 0 Å². The zero-order valence-corrected chi connectivity index (χ0v) is 12.5. The van der Waals surface area contributed by atoms with E-state index in [4.69, 9.17) is 4.74 Å². The first-order valence-electron chi connectivity index (χ1n) is 7.60. The van der Waals surface area contributed by atoms with Gasteiger partial charge in [0.15, 0.2) is 0 Å². The first kappa shape index (κ1) is 14.3. The number of ether oxygens (including phenoxy) is 1. The summed E-state index contributed by atoms with van der Waals surface area (Å²) in [7, 11) is 0. The monoisotopic (exact) mass is 289 g/mol. The summed E-state index contributed by atoms with van der Waals surface area (Å²) in [5, 5.41) is 0. The van der Waals surface area contributed by atoms with Gasteiger partial charge in [-0.3, -0.25) is 4.98 Å². The van der Waals surface area contributed by atoms with Gasteiger partial charge in [0.1, 0.15) is 5.75 Å². The molecule has 22 heavy (non-hydrogen) atoms. The fourth-order valence-electron chi connectivity index (χ4n) is 2.39. The molecule has 0 bridgehead atoms. The molecular formula is C20H19NO. The second-order valence-corrected chi connectivity index (χ2v) is 5.18. The van der Waals surface area contributed by atoms with Gasteiger partial charge in [-0.15, -0.1) is 0 Å². The molecule has 0 unspecified atom stereocenters. The maximum atomic E-state index is 5.86. The number of benzene rings is 2. The van der Waals surface area contributed by atoms with Crippen LogP contribution in [-0.4, -0.2) is 11.6 Å². The Morgan fingerprint density at radius 1 is 0.818 bits per heavy atom. The van der Waals surface area contributed by atoms with Gasteiger partial charge in [0.25, 0.3) is 0 Å². The Balaban J connectivity index is 1.55. The molecule has 110 valence electrons. The van der Waals surface area contributed by atoms with Gasteiger partial charge in [-0.2, -0.15) is 0 Å². The van der Waals surface area contributed by atoms with E-state index in [1.165, 1.54) is 5.56 Å². The Kier molecular flexibility index (Phi) is 4.83. The molecule has 0 aliphatic carbocycles. The number of rotatable bonds is 6. The molecule has 0 fully saturated rings. The van der Waals surface area contributed by atoms with Gasteiger partial charge in [0.05, 0.1) is 12.3 Å². The summed E-state index contributed by atoms with van der Waals surface area (Å²) in [6.07, 6.45) is 3.86. The van der Waals surface area contributed by atoms with E-state index in [9.17, 15) is 0 Å². The third-order valence-corrected chi connectivity index (χ3v) is 3.52. The van der Waals surface area contributed by atoms with E-state index in [1.54, 1.807) is 0 Å². The van der Waals surface area contributed by atoms with Gasteiger partial charge in [0, 0.05) is 11.8 Å². The van der Waals surface area contributed by atoms with E-state index in [2.05, 4.69) is 35.3 Å². The minimum Gasteiger partial charge on any atom is -0.494 e. The van der Waals surface area contributed by atoms with Gasteiger partial charge < -0.3 is 4.74 Å². The Labute approximate surface area is 131 Å². The van der Waals surface area contributed by atoms with Crippen molar-refractivity contribution < 1.29 is 4.74 Å². The van der Waals surface area contributed by atoms with E-state index < -0.39 is 0 Å². The molecule has 0 saturated carbocycles. The maximum Gasteiger partial charge on any atom is 0.119 e. The fraction of sp³-hybridized carbons (Fsp3) is 0.150. The largest absolute Gasteiger partial charge is 0.494 e. The normalized spacial score (nSPS) is 10.4. The summed E-state index contributed by atoms with van der Waals surface area (Å²) in [6, 6.07) is 24.5. The lowest BCUT2D eigenvalue weighted by Crippen LogP contribution is -1.99. The summed E-state index contributed by atoms with van der Waals surface area (Å²) in [5.74, 6) is 0.899. The van der Waals surface area contributed by atoms with E-state index in [-0.39, 0.29) is 0 Å². The van der Waals surface area contributed by atoms with Crippen molar-refractivity contribution in [2.45, 2.75) is 12.8 Å². The van der Waals surface area contributed by atoms with E-state index >= 15 is 0 Å². The van der Waals surface area contributed by atoms with Crippen molar-refractivity contribution in [1.29, 1.82) is 0 Å². The molecule has 1 heterocycles. The number of pyridine rings is 1. The van der Waals surface area contributed by atoms with Crippen molar-refractivity contribution in [2.75, 3.05) is 6.61 Å². The van der Waals surface area contributed by atoms with E-state index in [0.29, 0.717) is 0 Å². The first-order chi connectivity index (χ1) is 10.9. The van der Waals surface area contributed by atoms with Gasteiger partial charge in [-0.1, -0.05) is 48.5 Å². The fourth-order valence-corrected chi connectivity index (χ4v) is 2.39. The minimum atomic E-state index is 0.723. The summed E-state index contributed by atoms with van der Waals surface area (Å²) in [5.41, 5.74) is 3.41. The quantitative estimate of drug-likeness (QED) is 0.610. The summed E-state index contributed by atoms with van der Waals surface area (Å²) in [4.78, 5) is 4.37. The number of aryl methyl sites for hydroxylation is 1. The van der Waals surface area contributed by atoms with Crippen LogP contribution in [0, 0.1) is 0 Å². The molecular weight excluding hydrogens is 270 g/mol. The van der Waals surface area contributed by atoms with Crippen molar-refractivity contribution in [3.05, 3.63) is 84.6 Å². The Morgan fingerprint density at radius 3 is 2.50 bits per heavy atom. The lowest BCUT2D eigenvalue weighted by Gasteiger charge is -2.08. The minimum absolute atomic E-state index is 0.723. The highest BCUT2D eigenvalue weighted by atomic mass is 16.5. The number of aromatic nitrogens is 1. The molecule has 0 radical (unpaired) electrons. The van der Waals surface area contributed by atoms with E-state index in [1.807, 2.05) is 48.7 Å². The van der Waals surface area contributed by atoms with Crippen LogP contribution in [0.15, 0.2) is 79.0 Å². The molecule has 0 aliphatic rings. The van der Waals surface area contributed by atoms with Crippen molar-refractivity contribution in [2.24, 2.45) is 0 Å². The van der Waals surface area contributed by atoms with Crippen molar-refractivity contribution in [1.82, 2.24) is 4.98 Å². The predicted octanol–water partition coefficient (Wildman–Crippen LogP) is 4.76. The topological polar surface area (TPSA) is 22.1 Å². The lowest BCUT2D eigenvalue weighted by atomic mass is 10.1. The summed E-state index contributed by atoms with van der Waals surface area (Å²) >= 11 is 0. The lowest BCUT2D eigenvalue weighted by molar-refractivity contribution is 0.311. The summed E-state index contributed by atoms with van der Waals surface area (Å²) < 4.78 is 5.86. The molecule has 2 nitrogen and oxygen atoms in total. The zero-order valence-electron chi connectivity index (χ0n) is 12.5. The second-order valence-electron chi connectivity index (χ2n) is 5.18. The van der Waals surface area contributed by atoms with Crippen LogP contribution in [0.3, 0.4) is 0 Å². The van der Waals surface area contributed by atoms with Gasteiger partial charge in [-0.25, -0.2) is 0 Å². The SMILES string of the molecule is c1ccc(CCCOc2cccc(-c3ccccn3)c2)cc1. The average molecular weight is 289 g/mol. The molecule has 2 heteroatoms. The Morgan fingerprint density at radius 2 is 1.68 bits per heavy atom. The van der Waals surface area contributed by atoms with Gasteiger partial charge in [0.2, 0.25) is 0 Å². The van der Waals surface area contributed by atoms with Gasteiger partial charge in [-0.05, 0) is 42.7 Å². The third-order valence-electron chi connectivity index (χ3n) is 3.52. The molecule has 0 spiro atoms. The van der Waals surface area contributed by atoms with Crippen LogP contribution in [-0.2, 0) is 6.42 Å². The second kappa shape index (κ2) is 7.41. The summed E-state index contributed by atoms with van der Waals surface area (Å²) in [6.45, 7) is 0.723. The van der Waals surface area contributed by atoms with Crippen LogP contribution in [0.5, 0.6) is 5.75 Å². The highest BCUT2D eigenvalue weighted by molar-refractivity contribution is 5.60. The average Bonchev–Trinajstić information content (AvgIpc) is 2.61. The van der Waals surface area contributed by atoms with Gasteiger partial charge >= 0.3 is 0 Å². The van der Waals surface area contributed by atoms with Crippen LogP contribution in [0.4, 0.5) is 0 Å². The molecule has 0 aliphatic heterocycles. The van der Waals surface area contributed by atoms with Crippen molar-refractivity contribution in [3.63, 3.8) is 0 Å². The predicted molar refractivity (Wildman–Crippen MR) is 89.9 cm³/mol. The van der Waals surface area contributed by atoms with E-state index in [0.717, 1.165) is 36.5 Å². The van der Waals surface area contributed by atoms with Crippen LogP contribution < -0.4 is 4.74 Å². The maximum absolute atomic E-state index is 5.86. The molecule has 0 saturated heterocycles. The highest BCUT2D eigenvalue weighted by Crippen LogP contribution is 2.22. The standard InChI is InChI=1S/C20H19NO/c1-2-8-17(9-3-1)10-7-15-22-19-12-6-11-18(16-19)20-13-4-5-14-21-20/h1-6,8-9,11-14,16H,7,10,15H2. The number of nitrogens with zero attached hydrogens (tertiary/aromatic N) is 1. The molecule has 2 aromatic carbocycles. The van der Waals surface area contributed by atoms with Crippen LogP contribution in [0.25, 0.3) is 11.3 Å². The molecule has 3 aromatic rings. The molecule has 3 rings (SSSR count). The first-order valence-corrected chi connectivity index (χ1v) is 7.60. The molecule has 0 atom stereocenters. The van der Waals surface area contributed by atoms with Crippen molar-refractivity contribution >= 4 is 0 Å². The van der Waals surface area contributed by atoms with Crippen LogP contribution in [0.1, 0.15) is 12.0 Å².